The van der Waals surface area contributed by atoms with Crippen LogP contribution in [0.5, 0.6) is 0 Å². The van der Waals surface area contributed by atoms with Crippen LogP contribution < -0.4 is 25.5 Å². The number of rotatable bonds is 4. The standard InChI is InChI=1S/C71H74BN3S/c1-67(2,3)46-28-32-58(54(40-46)44-27-31-53-52-23-17-18-24-57(52)73(16)62(53)38-44)75-59-33-29-48(69(7,8)9)42-56(59)72-64-60(25-20-26-61(64)75)74(65-55-41-47(68(4,5)6)30-34-63(55)76-66(65)72)51-22-19-21-43(37-51)45-35-49(70(10,11)12)39-50(36-45)71(13,14)15/h17-42H,1-16H3. The smallest absolute Gasteiger partial charge is 0.264 e. The van der Waals surface area contributed by atoms with E-state index in [0.717, 1.165) is 0 Å². The molecule has 0 N–H and O–H groups in total. The number of para-hydroxylation sites is 1. The van der Waals surface area contributed by atoms with Gasteiger partial charge in [-0.05, 0) is 149 Å². The van der Waals surface area contributed by atoms with Crippen LogP contribution in [-0.2, 0) is 34.1 Å². The van der Waals surface area contributed by atoms with Gasteiger partial charge in [-0.2, -0.15) is 0 Å². The maximum Gasteiger partial charge on any atom is 0.264 e. The molecule has 2 aromatic heterocycles. The van der Waals surface area contributed by atoms with Crippen LogP contribution in [0.2, 0.25) is 0 Å². The molecule has 0 unspecified atom stereocenters. The lowest BCUT2D eigenvalue weighted by molar-refractivity contribution is 0.569. The van der Waals surface area contributed by atoms with Crippen molar-refractivity contribution in [2.75, 3.05) is 9.80 Å². The molecular weight excluding hydrogens is 938 g/mol. The molecule has 2 aliphatic heterocycles. The molecule has 0 saturated carbocycles. The Kier molecular flexibility index (Phi) is 11.3. The molecule has 12 rings (SSSR count). The normalized spacial score (nSPS) is 14.0. The van der Waals surface area contributed by atoms with Gasteiger partial charge >= 0.3 is 0 Å². The third-order valence-electron chi connectivity index (χ3n) is 16.7. The Morgan fingerprint density at radius 2 is 0.961 bits per heavy atom. The van der Waals surface area contributed by atoms with Gasteiger partial charge in [-0.25, -0.2) is 0 Å². The number of nitrogens with zero attached hydrogens (tertiary/aromatic N) is 3. The van der Waals surface area contributed by atoms with Crippen LogP contribution in [0.3, 0.4) is 0 Å². The SMILES string of the molecule is Cn1c2ccccc2c2ccc(-c3cc(C(C)(C)C)ccc3N3c4ccc(C(C)(C)C)cc4B4c5sc6ccc(C(C)(C)C)cc6c5N(c5cccc(-c6cc(C(C)(C)C)cc(C(C)(C)C)c6)c5)c5cccc3c54)cc21. The fraction of sp³-hybridized carbons (Fsp3) is 0.296. The summed E-state index contributed by atoms with van der Waals surface area (Å²) >= 11 is 1.99. The first-order valence-corrected chi connectivity index (χ1v) is 28.4. The lowest BCUT2D eigenvalue weighted by Crippen LogP contribution is -2.60. The van der Waals surface area contributed by atoms with E-state index in [4.69, 9.17) is 0 Å². The maximum absolute atomic E-state index is 2.64. The summed E-state index contributed by atoms with van der Waals surface area (Å²) in [5.41, 5.74) is 24.1. The topological polar surface area (TPSA) is 11.4 Å². The number of fused-ring (bicyclic) bond motifs is 9. The predicted molar refractivity (Wildman–Crippen MR) is 334 cm³/mol. The van der Waals surface area contributed by atoms with Crippen molar-refractivity contribution in [1.29, 1.82) is 0 Å². The Morgan fingerprint density at radius 1 is 0.382 bits per heavy atom. The van der Waals surface area contributed by atoms with Crippen LogP contribution in [-0.4, -0.2) is 11.3 Å². The van der Waals surface area contributed by atoms with Crippen molar-refractivity contribution in [3.63, 3.8) is 0 Å². The van der Waals surface area contributed by atoms with Gasteiger partial charge in [0, 0.05) is 72.0 Å². The Hall–Kier alpha value is -6.82. The molecule has 0 amide bonds. The van der Waals surface area contributed by atoms with Crippen molar-refractivity contribution in [3.8, 4) is 22.3 Å². The Labute approximate surface area is 457 Å². The summed E-state index contributed by atoms with van der Waals surface area (Å²) in [6.45, 7) is 35.1. The Balaban J connectivity index is 1.15. The van der Waals surface area contributed by atoms with Crippen molar-refractivity contribution in [2.24, 2.45) is 7.05 Å². The van der Waals surface area contributed by atoms with E-state index in [2.05, 4.69) is 283 Å². The average Bonchev–Trinajstić information content (AvgIpc) is 3.99. The van der Waals surface area contributed by atoms with Gasteiger partial charge in [0.1, 0.15) is 0 Å². The van der Waals surface area contributed by atoms with E-state index < -0.39 is 0 Å². The van der Waals surface area contributed by atoms with Gasteiger partial charge in [-0.1, -0.05) is 195 Å². The van der Waals surface area contributed by atoms with Crippen LogP contribution >= 0.6 is 11.3 Å². The summed E-state index contributed by atoms with van der Waals surface area (Å²) in [5.74, 6) is 0. The van der Waals surface area contributed by atoms with Crippen LogP contribution in [0.1, 0.15) is 132 Å². The van der Waals surface area contributed by atoms with Gasteiger partial charge in [0.15, 0.2) is 0 Å². The fourth-order valence-electron chi connectivity index (χ4n) is 12.1. The molecule has 10 aromatic rings. The third kappa shape index (κ3) is 8.14. The van der Waals surface area contributed by atoms with Gasteiger partial charge in [-0.15, -0.1) is 11.3 Å². The van der Waals surface area contributed by atoms with Crippen LogP contribution in [0.25, 0.3) is 54.1 Å². The lowest BCUT2D eigenvalue weighted by Gasteiger charge is -2.44. The van der Waals surface area contributed by atoms with E-state index in [1.54, 1.807) is 0 Å². The molecule has 3 nitrogen and oxygen atoms in total. The number of anilines is 6. The predicted octanol–water partition coefficient (Wildman–Crippen LogP) is 18.5. The molecule has 0 spiro atoms. The molecule has 382 valence electrons. The van der Waals surface area contributed by atoms with E-state index in [0.29, 0.717) is 0 Å². The molecule has 0 atom stereocenters. The summed E-state index contributed by atoms with van der Waals surface area (Å²) in [5, 5.41) is 3.89. The second-order valence-electron chi connectivity index (χ2n) is 27.3. The van der Waals surface area contributed by atoms with E-state index in [9.17, 15) is 0 Å². The van der Waals surface area contributed by atoms with Crippen LogP contribution in [0.15, 0.2) is 158 Å². The molecule has 0 aliphatic carbocycles. The van der Waals surface area contributed by atoms with Crippen molar-refractivity contribution in [2.45, 2.75) is 131 Å². The highest BCUT2D eigenvalue weighted by Crippen LogP contribution is 2.51. The van der Waals surface area contributed by atoms with Gasteiger partial charge in [0.25, 0.3) is 6.71 Å². The van der Waals surface area contributed by atoms with Crippen molar-refractivity contribution >= 4 is 99.8 Å². The first kappa shape index (κ1) is 50.0. The number of benzene rings is 8. The highest BCUT2D eigenvalue weighted by Gasteiger charge is 2.46. The number of thiophene rings is 1. The number of aromatic nitrogens is 1. The highest BCUT2D eigenvalue weighted by atomic mass is 32.1. The van der Waals surface area contributed by atoms with E-state index in [1.807, 2.05) is 11.3 Å². The van der Waals surface area contributed by atoms with E-state index >= 15 is 0 Å². The summed E-state index contributed by atoms with van der Waals surface area (Å²) in [6, 6.07) is 61.8. The van der Waals surface area contributed by atoms with E-state index in [1.165, 1.54) is 132 Å². The van der Waals surface area contributed by atoms with Gasteiger partial charge in [0.2, 0.25) is 0 Å². The minimum Gasteiger partial charge on any atom is -0.344 e. The van der Waals surface area contributed by atoms with Gasteiger partial charge < -0.3 is 14.4 Å². The number of hydrogen-bond acceptors (Lipinski definition) is 3. The number of aryl methyl sites for hydroxylation is 1. The summed E-state index contributed by atoms with van der Waals surface area (Å²) in [6.07, 6.45) is 0. The Bertz CT molecular complexity index is 3960. The van der Waals surface area contributed by atoms with E-state index in [-0.39, 0.29) is 33.8 Å². The summed E-state index contributed by atoms with van der Waals surface area (Å²) in [4.78, 5) is 5.27. The van der Waals surface area contributed by atoms with Crippen LogP contribution in [0, 0.1) is 0 Å². The van der Waals surface area contributed by atoms with Crippen molar-refractivity contribution < 1.29 is 0 Å². The second-order valence-corrected chi connectivity index (χ2v) is 28.3. The molecule has 4 heterocycles. The number of hydrogen-bond donors (Lipinski definition) is 0. The summed E-state index contributed by atoms with van der Waals surface area (Å²) in [7, 11) is 2.21. The zero-order valence-corrected chi connectivity index (χ0v) is 48.7. The second kappa shape index (κ2) is 17.1. The molecule has 8 aromatic carbocycles. The monoisotopic (exact) mass is 1010 g/mol. The molecule has 0 bridgehead atoms. The first-order valence-electron chi connectivity index (χ1n) is 27.6. The van der Waals surface area contributed by atoms with Gasteiger partial charge in [0.05, 0.1) is 11.4 Å². The minimum atomic E-state index is -0.0594. The molecule has 5 heteroatoms. The average molecular weight is 1010 g/mol. The molecule has 0 saturated heterocycles. The Morgan fingerprint density at radius 3 is 1.63 bits per heavy atom. The largest absolute Gasteiger partial charge is 0.344 e. The molecule has 76 heavy (non-hydrogen) atoms. The first-order chi connectivity index (χ1) is 35.8. The molecule has 0 fully saturated rings. The summed E-state index contributed by atoms with van der Waals surface area (Å²) < 4.78 is 5.08. The molecule has 2 aliphatic rings. The third-order valence-corrected chi connectivity index (χ3v) is 18.0. The lowest BCUT2D eigenvalue weighted by atomic mass is 9.36. The quantitative estimate of drug-likeness (QED) is 0.163. The minimum absolute atomic E-state index is 0.00143. The fourth-order valence-corrected chi connectivity index (χ4v) is 13.4. The highest BCUT2D eigenvalue weighted by molar-refractivity contribution is 7.33. The zero-order chi connectivity index (χ0) is 53.8. The van der Waals surface area contributed by atoms with Crippen molar-refractivity contribution in [3.05, 3.63) is 186 Å². The maximum atomic E-state index is 2.64. The zero-order valence-electron chi connectivity index (χ0n) is 47.8. The molecule has 0 radical (unpaired) electrons. The van der Waals surface area contributed by atoms with Gasteiger partial charge in [-0.3, -0.25) is 0 Å². The van der Waals surface area contributed by atoms with Crippen molar-refractivity contribution in [1.82, 2.24) is 4.57 Å². The van der Waals surface area contributed by atoms with Crippen LogP contribution in [0.4, 0.5) is 34.1 Å². The molecular formula is C71H74BN3S.